The second-order valence-corrected chi connectivity index (χ2v) is 5.71. The Morgan fingerprint density at radius 3 is 2.52 bits per heavy atom. The van der Waals surface area contributed by atoms with Gasteiger partial charge < -0.3 is 15.1 Å². The van der Waals surface area contributed by atoms with Crippen LogP contribution in [-0.4, -0.2) is 18.4 Å². The molecule has 5 nitrogen and oxygen atoms in total. The molecule has 132 valence electrons. The smallest absolute Gasteiger partial charge is 0.267 e. The van der Waals surface area contributed by atoms with Crippen molar-refractivity contribution >= 4 is 17.9 Å². The van der Waals surface area contributed by atoms with Gasteiger partial charge in [-0.3, -0.25) is 9.59 Å². The molecule has 2 amide bonds. The van der Waals surface area contributed by atoms with Crippen molar-refractivity contribution in [2.45, 2.75) is 32.6 Å². The third kappa shape index (κ3) is 6.30. The van der Waals surface area contributed by atoms with Crippen LogP contribution in [0.5, 0.6) is 0 Å². The highest BCUT2D eigenvalue weighted by molar-refractivity contribution is 6.05. The van der Waals surface area contributed by atoms with E-state index in [2.05, 4.69) is 17.6 Å². The molecule has 0 bridgehead atoms. The van der Waals surface area contributed by atoms with Gasteiger partial charge in [0, 0.05) is 18.2 Å². The van der Waals surface area contributed by atoms with E-state index in [1.165, 1.54) is 12.3 Å². The van der Waals surface area contributed by atoms with E-state index >= 15 is 0 Å². The zero-order chi connectivity index (χ0) is 17.9. The van der Waals surface area contributed by atoms with Crippen molar-refractivity contribution in [3.63, 3.8) is 0 Å². The largest absolute Gasteiger partial charge is 0.465 e. The van der Waals surface area contributed by atoms with Gasteiger partial charge in [0.05, 0.1) is 6.26 Å². The summed E-state index contributed by atoms with van der Waals surface area (Å²) >= 11 is 0. The van der Waals surface area contributed by atoms with E-state index in [0.717, 1.165) is 25.7 Å². The number of nitrogens with one attached hydrogen (secondary N) is 2. The molecule has 2 N–H and O–H groups in total. The molecule has 0 aliphatic rings. The van der Waals surface area contributed by atoms with E-state index in [-0.39, 0.29) is 17.5 Å². The van der Waals surface area contributed by atoms with Crippen LogP contribution < -0.4 is 10.6 Å². The average molecular weight is 340 g/mol. The first kappa shape index (κ1) is 18.5. The topological polar surface area (TPSA) is 71.3 Å². The predicted molar refractivity (Wildman–Crippen MR) is 97.7 cm³/mol. The molecule has 0 fully saturated rings. The van der Waals surface area contributed by atoms with Gasteiger partial charge in [-0.25, -0.2) is 0 Å². The molecule has 5 heteroatoms. The summed E-state index contributed by atoms with van der Waals surface area (Å²) in [5, 5.41) is 5.52. The van der Waals surface area contributed by atoms with Gasteiger partial charge in [0.15, 0.2) is 0 Å². The highest BCUT2D eigenvalue weighted by Gasteiger charge is 2.14. The molecule has 0 spiro atoms. The number of benzene rings is 1. The number of carbonyl (C=O) groups is 2. The van der Waals surface area contributed by atoms with Gasteiger partial charge in [0.2, 0.25) is 0 Å². The number of unbranched alkanes of at least 4 members (excludes halogenated alkanes) is 3. The van der Waals surface area contributed by atoms with Gasteiger partial charge in [-0.2, -0.15) is 0 Å². The lowest BCUT2D eigenvalue weighted by atomic mass is 10.2. The van der Waals surface area contributed by atoms with Crippen molar-refractivity contribution in [2.24, 2.45) is 0 Å². The van der Waals surface area contributed by atoms with E-state index < -0.39 is 0 Å². The maximum atomic E-state index is 12.4. The quantitative estimate of drug-likeness (QED) is 0.539. The van der Waals surface area contributed by atoms with E-state index in [4.69, 9.17) is 4.42 Å². The summed E-state index contributed by atoms with van der Waals surface area (Å²) < 4.78 is 5.25. The molecule has 0 aliphatic heterocycles. The van der Waals surface area contributed by atoms with Crippen molar-refractivity contribution in [2.75, 3.05) is 6.54 Å². The van der Waals surface area contributed by atoms with E-state index in [1.54, 1.807) is 36.4 Å². The number of carbonyl (C=O) groups excluding carboxylic acids is 2. The first-order valence-electron chi connectivity index (χ1n) is 8.60. The molecule has 0 aliphatic carbocycles. The first-order chi connectivity index (χ1) is 12.2. The summed E-state index contributed by atoms with van der Waals surface area (Å²) in [6, 6.07) is 12.2. The van der Waals surface area contributed by atoms with Crippen molar-refractivity contribution in [3.8, 4) is 0 Å². The molecular weight excluding hydrogens is 316 g/mol. The first-order valence-corrected chi connectivity index (χ1v) is 8.60. The molecule has 0 atom stereocenters. The van der Waals surface area contributed by atoms with Crippen molar-refractivity contribution < 1.29 is 14.0 Å². The van der Waals surface area contributed by atoms with Gasteiger partial charge in [0.25, 0.3) is 11.8 Å². The van der Waals surface area contributed by atoms with Crippen LogP contribution >= 0.6 is 0 Å². The summed E-state index contributed by atoms with van der Waals surface area (Å²) in [6.07, 6.45) is 7.33. The Morgan fingerprint density at radius 1 is 1.04 bits per heavy atom. The Bertz CT molecular complexity index is 691. The fourth-order valence-electron chi connectivity index (χ4n) is 2.31. The Balaban J connectivity index is 2.03. The number of hydrogen-bond acceptors (Lipinski definition) is 3. The van der Waals surface area contributed by atoms with Gasteiger partial charge >= 0.3 is 0 Å². The van der Waals surface area contributed by atoms with Crippen LogP contribution in [0.2, 0.25) is 0 Å². The maximum Gasteiger partial charge on any atom is 0.267 e. The molecule has 0 unspecified atom stereocenters. The standard InChI is InChI=1S/C20H24N2O3/c1-2-3-4-8-13-21-20(24)18(15-17-12-9-14-25-17)22-19(23)16-10-6-5-7-11-16/h5-7,9-12,14-15H,2-4,8,13H2,1H3,(H,21,24)(H,22,23)/b18-15-. The van der Waals surface area contributed by atoms with E-state index in [9.17, 15) is 9.59 Å². The van der Waals surface area contributed by atoms with Crippen molar-refractivity contribution in [1.82, 2.24) is 10.6 Å². The zero-order valence-corrected chi connectivity index (χ0v) is 14.5. The maximum absolute atomic E-state index is 12.4. The van der Waals surface area contributed by atoms with Crippen LogP contribution in [0, 0.1) is 0 Å². The van der Waals surface area contributed by atoms with E-state index in [1.807, 2.05) is 6.07 Å². The average Bonchev–Trinajstić information content (AvgIpc) is 3.14. The van der Waals surface area contributed by atoms with Gasteiger partial charge in [-0.05, 0) is 30.7 Å². The highest BCUT2D eigenvalue weighted by atomic mass is 16.3. The van der Waals surface area contributed by atoms with Crippen LogP contribution in [0.25, 0.3) is 6.08 Å². The molecule has 2 aromatic rings. The SMILES string of the molecule is CCCCCCNC(=O)/C(=C/c1ccco1)NC(=O)c1ccccc1. The Morgan fingerprint density at radius 2 is 1.84 bits per heavy atom. The third-order valence-corrected chi connectivity index (χ3v) is 3.67. The molecule has 0 saturated carbocycles. The molecule has 0 saturated heterocycles. The van der Waals surface area contributed by atoms with Crippen molar-refractivity contribution in [1.29, 1.82) is 0 Å². The van der Waals surface area contributed by atoms with Crippen LogP contribution in [0.1, 0.15) is 48.7 Å². The van der Waals surface area contributed by atoms with Gasteiger partial charge in [-0.1, -0.05) is 44.4 Å². The number of hydrogen-bond donors (Lipinski definition) is 2. The van der Waals surface area contributed by atoms with Gasteiger partial charge in [0.1, 0.15) is 11.5 Å². The minimum atomic E-state index is -0.334. The minimum Gasteiger partial charge on any atom is -0.465 e. The monoisotopic (exact) mass is 340 g/mol. The molecule has 1 aromatic heterocycles. The van der Waals surface area contributed by atoms with Gasteiger partial charge in [-0.15, -0.1) is 0 Å². The van der Waals surface area contributed by atoms with Crippen LogP contribution in [0.15, 0.2) is 58.8 Å². The fourth-order valence-corrected chi connectivity index (χ4v) is 2.31. The van der Waals surface area contributed by atoms with E-state index in [0.29, 0.717) is 17.9 Å². The molecule has 1 aromatic carbocycles. The summed E-state index contributed by atoms with van der Waals surface area (Å²) in [5.41, 5.74) is 0.655. The Labute approximate surface area is 148 Å². The number of furan rings is 1. The summed E-state index contributed by atoms with van der Waals surface area (Å²) in [4.78, 5) is 24.8. The molecule has 1 heterocycles. The Hall–Kier alpha value is -2.82. The van der Waals surface area contributed by atoms with Crippen molar-refractivity contribution in [3.05, 3.63) is 65.7 Å². The second-order valence-electron chi connectivity index (χ2n) is 5.71. The highest BCUT2D eigenvalue weighted by Crippen LogP contribution is 2.08. The molecule has 25 heavy (non-hydrogen) atoms. The lowest BCUT2D eigenvalue weighted by Crippen LogP contribution is -2.35. The summed E-state index contributed by atoms with van der Waals surface area (Å²) in [6.45, 7) is 2.72. The minimum absolute atomic E-state index is 0.166. The van der Waals surface area contributed by atoms with Crippen LogP contribution in [-0.2, 0) is 4.79 Å². The Kier molecular flexibility index (Phi) is 7.50. The normalized spacial score (nSPS) is 11.2. The lowest BCUT2D eigenvalue weighted by molar-refractivity contribution is -0.117. The summed E-state index contributed by atoms with van der Waals surface area (Å²) in [7, 11) is 0. The molecule has 0 radical (unpaired) electrons. The lowest BCUT2D eigenvalue weighted by Gasteiger charge is -2.10. The van der Waals surface area contributed by atoms with Crippen LogP contribution in [0.4, 0.5) is 0 Å². The second kappa shape index (κ2) is 10.1. The molecule has 2 rings (SSSR count). The number of amides is 2. The zero-order valence-electron chi connectivity index (χ0n) is 14.5. The third-order valence-electron chi connectivity index (χ3n) is 3.67. The fraction of sp³-hybridized carbons (Fsp3) is 0.300. The number of rotatable bonds is 9. The van der Waals surface area contributed by atoms with Crippen LogP contribution in [0.3, 0.4) is 0 Å². The predicted octanol–water partition coefficient (Wildman–Crippen LogP) is 3.75. The summed E-state index contributed by atoms with van der Waals surface area (Å²) in [5.74, 6) is -0.152. The molecular formula is C20H24N2O3.